The molecule has 37 heavy (non-hydrogen) atoms. The number of carbonyl (C=O) groups is 1. The molecule has 0 saturated carbocycles. The van der Waals surface area contributed by atoms with E-state index < -0.39 is 5.97 Å². The molecule has 0 aliphatic heterocycles. The first-order valence-corrected chi connectivity index (χ1v) is 12.6. The smallest absolute Gasteiger partial charge is 0.357 e. The lowest BCUT2D eigenvalue weighted by Gasteiger charge is -2.15. The Bertz CT molecular complexity index is 1490. The summed E-state index contributed by atoms with van der Waals surface area (Å²) in [5, 5.41) is 0.730. The van der Waals surface area contributed by atoms with Crippen molar-refractivity contribution in [3.63, 3.8) is 0 Å². The van der Waals surface area contributed by atoms with Crippen molar-refractivity contribution in [3.05, 3.63) is 136 Å². The molecule has 0 spiro atoms. The maximum absolute atomic E-state index is 13.1. The Morgan fingerprint density at radius 3 is 1.73 bits per heavy atom. The minimum Gasteiger partial charge on any atom is -0.488 e. The van der Waals surface area contributed by atoms with Gasteiger partial charge in [-0.25, -0.2) is 9.78 Å². The second kappa shape index (κ2) is 11.7. The van der Waals surface area contributed by atoms with Crippen LogP contribution in [0.3, 0.4) is 0 Å². The summed E-state index contributed by atoms with van der Waals surface area (Å²) >= 11 is 3.58. The van der Waals surface area contributed by atoms with E-state index in [2.05, 4.69) is 20.9 Å². The summed E-state index contributed by atoms with van der Waals surface area (Å²) in [5.41, 5.74) is 3.61. The monoisotopic (exact) mass is 553 g/mol. The van der Waals surface area contributed by atoms with Crippen LogP contribution in [-0.4, -0.2) is 11.0 Å². The number of nitrogens with zero attached hydrogens (tertiary/aromatic N) is 1. The van der Waals surface area contributed by atoms with Crippen LogP contribution in [0.2, 0.25) is 0 Å². The van der Waals surface area contributed by atoms with Crippen molar-refractivity contribution >= 4 is 32.8 Å². The van der Waals surface area contributed by atoms with Crippen molar-refractivity contribution in [2.45, 2.75) is 19.8 Å². The molecule has 0 unspecified atom stereocenters. The number of ether oxygens (including phenoxy) is 3. The third-order valence-corrected chi connectivity index (χ3v) is 6.16. The quantitative estimate of drug-likeness (QED) is 0.177. The van der Waals surface area contributed by atoms with Crippen LogP contribution in [0.15, 0.2) is 114 Å². The van der Waals surface area contributed by atoms with Crippen LogP contribution < -0.4 is 9.47 Å². The normalized spacial score (nSPS) is 10.7. The Morgan fingerprint density at radius 2 is 1.16 bits per heavy atom. The Morgan fingerprint density at radius 1 is 0.649 bits per heavy atom. The number of fused-ring (bicyclic) bond motifs is 1. The van der Waals surface area contributed by atoms with E-state index in [1.165, 1.54) is 0 Å². The highest BCUT2D eigenvalue weighted by molar-refractivity contribution is 9.10. The fourth-order valence-corrected chi connectivity index (χ4v) is 4.27. The van der Waals surface area contributed by atoms with Gasteiger partial charge in [-0.05, 0) is 28.8 Å². The van der Waals surface area contributed by atoms with Gasteiger partial charge in [0.1, 0.15) is 36.8 Å². The SMILES string of the molecule is O=C(OCc1ccccc1)c1cc(OCc2ccccc2)c2cc(Br)cc(OCc3ccccc3)c2n1. The molecule has 184 valence electrons. The fourth-order valence-electron chi connectivity index (χ4n) is 3.83. The molecule has 0 radical (unpaired) electrons. The second-order valence-corrected chi connectivity index (χ2v) is 9.33. The Hall–Kier alpha value is -4.16. The van der Waals surface area contributed by atoms with E-state index >= 15 is 0 Å². The average molecular weight is 554 g/mol. The predicted octanol–water partition coefficient (Wildman–Crippen LogP) is 7.51. The van der Waals surface area contributed by atoms with Crippen LogP contribution in [-0.2, 0) is 24.6 Å². The lowest BCUT2D eigenvalue weighted by molar-refractivity contribution is 0.0465. The van der Waals surface area contributed by atoms with E-state index in [4.69, 9.17) is 14.2 Å². The Balaban J connectivity index is 1.49. The number of esters is 1. The number of benzene rings is 4. The first-order chi connectivity index (χ1) is 18.2. The van der Waals surface area contributed by atoms with Gasteiger partial charge in [0.05, 0.1) is 0 Å². The van der Waals surface area contributed by atoms with Crippen molar-refractivity contribution < 1.29 is 19.0 Å². The number of hydrogen-bond donors (Lipinski definition) is 0. The van der Waals surface area contributed by atoms with Gasteiger partial charge in [-0.3, -0.25) is 0 Å². The van der Waals surface area contributed by atoms with E-state index in [1.54, 1.807) is 6.07 Å². The maximum atomic E-state index is 13.1. The van der Waals surface area contributed by atoms with E-state index in [-0.39, 0.29) is 12.3 Å². The second-order valence-electron chi connectivity index (χ2n) is 8.42. The number of rotatable bonds is 9. The van der Waals surface area contributed by atoms with Crippen molar-refractivity contribution in [2.75, 3.05) is 0 Å². The van der Waals surface area contributed by atoms with Crippen LogP contribution in [0.1, 0.15) is 27.2 Å². The zero-order chi connectivity index (χ0) is 25.5. The third-order valence-electron chi connectivity index (χ3n) is 5.70. The van der Waals surface area contributed by atoms with Crippen molar-refractivity contribution in [1.82, 2.24) is 4.98 Å². The molecule has 0 N–H and O–H groups in total. The standard InChI is InChI=1S/C31H24BrNO4/c32-25-16-26-28(35-19-22-10-4-1-5-11-22)18-27(31(34)37-21-24-14-8-3-9-15-24)33-30(26)29(17-25)36-20-23-12-6-2-7-13-23/h1-18H,19-21H2. The molecule has 0 fully saturated rings. The van der Waals surface area contributed by atoms with Crippen molar-refractivity contribution in [1.29, 1.82) is 0 Å². The highest BCUT2D eigenvalue weighted by Crippen LogP contribution is 2.36. The molecule has 5 aromatic rings. The number of halogens is 1. The molecule has 0 saturated heterocycles. The molecule has 0 bridgehead atoms. The lowest BCUT2D eigenvalue weighted by Crippen LogP contribution is -2.09. The molecule has 4 aromatic carbocycles. The zero-order valence-corrected chi connectivity index (χ0v) is 21.6. The minimum absolute atomic E-state index is 0.150. The van der Waals surface area contributed by atoms with Crippen molar-refractivity contribution in [3.8, 4) is 11.5 Å². The fraction of sp³-hybridized carbons (Fsp3) is 0.0968. The van der Waals surface area contributed by atoms with E-state index in [0.717, 1.165) is 26.5 Å². The summed E-state index contributed by atoms with van der Waals surface area (Å²) < 4.78 is 18.8. The Kier molecular flexibility index (Phi) is 7.77. The molecule has 1 heterocycles. The summed E-state index contributed by atoms with van der Waals surface area (Å²) in [6, 6.07) is 34.7. The molecule has 0 amide bonds. The minimum atomic E-state index is -0.535. The van der Waals surface area contributed by atoms with E-state index in [9.17, 15) is 4.79 Å². The van der Waals surface area contributed by atoms with Gasteiger partial charge >= 0.3 is 5.97 Å². The summed E-state index contributed by atoms with van der Waals surface area (Å²) in [5.74, 6) is 0.522. The predicted molar refractivity (Wildman–Crippen MR) is 147 cm³/mol. The maximum Gasteiger partial charge on any atom is 0.357 e. The molecule has 0 aliphatic carbocycles. The van der Waals surface area contributed by atoms with Gasteiger partial charge in [0.2, 0.25) is 0 Å². The number of carbonyl (C=O) groups excluding carboxylic acids is 1. The van der Waals surface area contributed by atoms with E-state index in [1.807, 2.05) is 103 Å². The Labute approximate surface area is 223 Å². The summed E-state index contributed by atoms with van der Waals surface area (Å²) in [7, 11) is 0. The van der Waals surface area contributed by atoms with Gasteiger partial charge in [0.25, 0.3) is 0 Å². The highest BCUT2D eigenvalue weighted by atomic mass is 79.9. The van der Waals surface area contributed by atoms with Crippen LogP contribution in [0.25, 0.3) is 10.9 Å². The lowest BCUT2D eigenvalue weighted by atomic mass is 10.1. The first-order valence-electron chi connectivity index (χ1n) is 11.8. The third kappa shape index (κ3) is 6.35. The summed E-state index contributed by atoms with van der Waals surface area (Å²) in [6.45, 7) is 0.847. The number of hydrogen-bond acceptors (Lipinski definition) is 5. The van der Waals surface area contributed by atoms with Crippen molar-refractivity contribution in [2.24, 2.45) is 0 Å². The van der Waals surface area contributed by atoms with Crippen LogP contribution >= 0.6 is 15.9 Å². The summed E-state index contributed by atoms with van der Waals surface area (Å²) in [4.78, 5) is 17.7. The molecule has 1 aromatic heterocycles. The van der Waals surface area contributed by atoms with Gasteiger partial charge in [-0.1, -0.05) is 107 Å². The molecule has 6 heteroatoms. The van der Waals surface area contributed by atoms with E-state index in [0.29, 0.717) is 30.2 Å². The molecular weight excluding hydrogens is 530 g/mol. The molecule has 5 rings (SSSR count). The molecular formula is C31H24BrNO4. The largest absolute Gasteiger partial charge is 0.488 e. The number of pyridine rings is 1. The molecule has 0 atom stereocenters. The topological polar surface area (TPSA) is 57.7 Å². The van der Waals surface area contributed by atoms with Crippen LogP contribution in [0.4, 0.5) is 0 Å². The molecule has 0 aliphatic rings. The highest BCUT2D eigenvalue weighted by Gasteiger charge is 2.18. The molecule has 5 nitrogen and oxygen atoms in total. The first kappa shape index (κ1) is 24.5. The number of aromatic nitrogens is 1. The van der Waals surface area contributed by atoms with Gasteiger partial charge in [-0.15, -0.1) is 0 Å². The van der Waals surface area contributed by atoms with Gasteiger partial charge < -0.3 is 14.2 Å². The van der Waals surface area contributed by atoms with Gasteiger partial charge in [0.15, 0.2) is 5.69 Å². The average Bonchev–Trinajstić information content (AvgIpc) is 2.95. The van der Waals surface area contributed by atoms with Crippen LogP contribution in [0.5, 0.6) is 11.5 Å². The zero-order valence-electron chi connectivity index (χ0n) is 20.0. The van der Waals surface area contributed by atoms with Gasteiger partial charge in [0, 0.05) is 15.9 Å². The van der Waals surface area contributed by atoms with Gasteiger partial charge in [-0.2, -0.15) is 0 Å². The van der Waals surface area contributed by atoms with Crippen LogP contribution in [0, 0.1) is 0 Å². The summed E-state index contributed by atoms with van der Waals surface area (Å²) in [6.07, 6.45) is 0.